The van der Waals surface area contributed by atoms with Crippen LogP contribution in [0.25, 0.3) is 10.8 Å². The van der Waals surface area contributed by atoms with Crippen LogP contribution in [-0.4, -0.2) is 27.7 Å². The molecule has 0 aliphatic carbocycles. The molecular formula is C21H20N4O4. The van der Waals surface area contributed by atoms with Gasteiger partial charge in [0, 0.05) is 18.4 Å². The Hall–Kier alpha value is -3.68. The topological polar surface area (TPSA) is 102 Å². The number of hydrazine groups is 1. The molecule has 8 heteroatoms. The van der Waals surface area contributed by atoms with Crippen molar-refractivity contribution in [2.45, 2.75) is 32.4 Å². The van der Waals surface area contributed by atoms with Gasteiger partial charge in [-0.1, -0.05) is 43.3 Å². The number of carbonyl (C=O) groups excluding carboxylic acids is 2. The monoisotopic (exact) mass is 392 g/mol. The van der Waals surface area contributed by atoms with Crippen molar-refractivity contribution < 1.29 is 14.3 Å². The van der Waals surface area contributed by atoms with E-state index < -0.39 is 17.9 Å². The van der Waals surface area contributed by atoms with Crippen molar-refractivity contribution in [2.24, 2.45) is 0 Å². The quantitative estimate of drug-likeness (QED) is 0.656. The minimum Gasteiger partial charge on any atom is -0.480 e. The highest BCUT2D eigenvalue weighted by Crippen LogP contribution is 2.28. The zero-order valence-corrected chi connectivity index (χ0v) is 15.8. The van der Waals surface area contributed by atoms with Gasteiger partial charge in [-0.15, -0.1) is 0 Å². The van der Waals surface area contributed by atoms with Crippen molar-refractivity contribution in [3.63, 3.8) is 0 Å². The fraction of sp³-hybridized carbons (Fsp3) is 0.238. The summed E-state index contributed by atoms with van der Waals surface area (Å²) in [5, 5.41) is 5.04. The van der Waals surface area contributed by atoms with Crippen LogP contribution in [0.3, 0.4) is 0 Å². The molecule has 1 atom stereocenters. The molecule has 2 N–H and O–H groups in total. The lowest BCUT2D eigenvalue weighted by Crippen LogP contribution is -2.48. The third-order valence-electron chi connectivity index (χ3n) is 4.76. The number of rotatable bonds is 4. The lowest BCUT2D eigenvalue weighted by atomic mass is 10.1. The molecule has 0 saturated heterocycles. The van der Waals surface area contributed by atoms with Gasteiger partial charge in [-0.25, -0.2) is 4.68 Å². The summed E-state index contributed by atoms with van der Waals surface area (Å²) in [6.07, 6.45) is 0.412. The molecule has 0 bridgehead atoms. The van der Waals surface area contributed by atoms with Crippen LogP contribution in [0, 0.1) is 0 Å². The molecular weight excluding hydrogens is 372 g/mol. The SMILES string of the molecule is CCCn1nc(C(=O)NNC(=O)C2Cc3ccccc3O2)c2ccccc2c1=O. The Morgan fingerprint density at radius 2 is 1.83 bits per heavy atom. The summed E-state index contributed by atoms with van der Waals surface area (Å²) >= 11 is 0. The maximum absolute atomic E-state index is 12.7. The number of aromatic nitrogens is 2. The van der Waals surface area contributed by atoms with Crippen LogP contribution in [0.15, 0.2) is 53.3 Å². The number of benzene rings is 2. The predicted molar refractivity (Wildman–Crippen MR) is 106 cm³/mol. The first kappa shape index (κ1) is 18.7. The number of ether oxygens (including phenoxy) is 1. The number of fused-ring (bicyclic) bond motifs is 2. The van der Waals surface area contributed by atoms with Crippen molar-refractivity contribution in [3.05, 3.63) is 70.1 Å². The van der Waals surface area contributed by atoms with Gasteiger partial charge >= 0.3 is 0 Å². The summed E-state index contributed by atoms with van der Waals surface area (Å²) in [6, 6.07) is 14.2. The first-order valence-corrected chi connectivity index (χ1v) is 9.43. The Labute approximate surface area is 166 Å². The average molecular weight is 392 g/mol. The van der Waals surface area contributed by atoms with Gasteiger partial charge in [0.25, 0.3) is 17.4 Å². The van der Waals surface area contributed by atoms with Gasteiger partial charge in [-0.2, -0.15) is 5.10 Å². The highest BCUT2D eigenvalue weighted by atomic mass is 16.5. The minimum atomic E-state index is -0.716. The lowest BCUT2D eigenvalue weighted by Gasteiger charge is -2.13. The zero-order chi connectivity index (χ0) is 20.4. The number of para-hydroxylation sites is 1. The lowest BCUT2D eigenvalue weighted by molar-refractivity contribution is -0.128. The van der Waals surface area contributed by atoms with Gasteiger partial charge in [0.05, 0.1) is 5.39 Å². The van der Waals surface area contributed by atoms with Crippen molar-refractivity contribution in [2.75, 3.05) is 0 Å². The van der Waals surface area contributed by atoms with Crippen LogP contribution in [0.5, 0.6) is 5.75 Å². The summed E-state index contributed by atoms with van der Waals surface area (Å²) in [5.41, 5.74) is 5.55. The molecule has 1 unspecified atom stereocenters. The van der Waals surface area contributed by atoms with E-state index in [-0.39, 0.29) is 11.3 Å². The number of carbonyl (C=O) groups is 2. The number of amides is 2. The third-order valence-corrected chi connectivity index (χ3v) is 4.76. The van der Waals surface area contributed by atoms with Gasteiger partial charge in [-0.05, 0) is 24.1 Å². The van der Waals surface area contributed by atoms with Crippen molar-refractivity contribution in [3.8, 4) is 5.75 Å². The van der Waals surface area contributed by atoms with E-state index in [1.807, 2.05) is 25.1 Å². The van der Waals surface area contributed by atoms with E-state index in [1.165, 1.54) is 4.68 Å². The van der Waals surface area contributed by atoms with Gasteiger partial charge < -0.3 is 4.74 Å². The maximum atomic E-state index is 12.7. The number of aryl methyl sites for hydroxylation is 1. The number of nitrogens with zero attached hydrogens (tertiary/aromatic N) is 2. The number of hydrogen-bond donors (Lipinski definition) is 2. The average Bonchev–Trinajstić information content (AvgIpc) is 3.18. The van der Waals surface area contributed by atoms with Crippen LogP contribution >= 0.6 is 0 Å². The highest BCUT2D eigenvalue weighted by Gasteiger charge is 2.29. The summed E-state index contributed by atoms with van der Waals surface area (Å²) < 4.78 is 6.89. The van der Waals surface area contributed by atoms with Gasteiger partial charge in [0.15, 0.2) is 11.8 Å². The largest absolute Gasteiger partial charge is 0.480 e. The van der Waals surface area contributed by atoms with Crippen molar-refractivity contribution in [1.29, 1.82) is 0 Å². The van der Waals surface area contributed by atoms with E-state index in [9.17, 15) is 14.4 Å². The number of nitrogens with one attached hydrogen (secondary N) is 2. The highest BCUT2D eigenvalue weighted by molar-refractivity contribution is 6.05. The Bertz CT molecular complexity index is 1130. The number of hydrogen-bond acceptors (Lipinski definition) is 5. The molecule has 1 aliphatic heterocycles. The molecule has 2 aromatic carbocycles. The molecule has 8 nitrogen and oxygen atoms in total. The maximum Gasteiger partial charge on any atom is 0.290 e. The van der Waals surface area contributed by atoms with Crippen molar-refractivity contribution >= 4 is 22.6 Å². The van der Waals surface area contributed by atoms with Gasteiger partial charge in [-0.3, -0.25) is 25.2 Å². The van der Waals surface area contributed by atoms with Crippen molar-refractivity contribution in [1.82, 2.24) is 20.6 Å². The van der Waals surface area contributed by atoms with Crippen LogP contribution < -0.4 is 21.1 Å². The molecule has 3 aromatic rings. The molecule has 2 amide bonds. The van der Waals surface area contributed by atoms with E-state index in [1.54, 1.807) is 30.3 Å². The Morgan fingerprint density at radius 3 is 2.59 bits per heavy atom. The first-order chi connectivity index (χ1) is 14.1. The Morgan fingerprint density at radius 1 is 1.10 bits per heavy atom. The second-order valence-electron chi connectivity index (χ2n) is 6.78. The molecule has 148 valence electrons. The second-order valence-corrected chi connectivity index (χ2v) is 6.78. The normalized spacial score (nSPS) is 14.9. The molecule has 0 radical (unpaired) electrons. The third kappa shape index (κ3) is 3.56. The van der Waals surface area contributed by atoms with E-state index in [0.717, 1.165) is 5.56 Å². The van der Waals surface area contributed by atoms with Crippen LogP contribution in [-0.2, 0) is 17.8 Å². The molecule has 0 saturated carbocycles. The van der Waals surface area contributed by atoms with Crippen LogP contribution in [0.1, 0.15) is 29.4 Å². The minimum absolute atomic E-state index is 0.0737. The predicted octanol–water partition coefficient (Wildman–Crippen LogP) is 1.57. The Kier molecular flexibility index (Phi) is 4.99. The summed E-state index contributed by atoms with van der Waals surface area (Å²) in [6.45, 7) is 2.31. The van der Waals surface area contributed by atoms with E-state index in [4.69, 9.17) is 4.74 Å². The molecule has 1 aliphatic rings. The summed E-state index contributed by atoms with van der Waals surface area (Å²) in [4.78, 5) is 37.7. The van der Waals surface area contributed by atoms with Crippen LogP contribution in [0.4, 0.5) is 0 Å². The fourth-order valence-corrected chi connectivity index (χ4v) is 3.35. The van der Waals surface area contributed by atoms with Gasteiger partial charge in [0.1, 0.15) is 5.75 Å². The smallest absolute Gasteiger partial charge is 0.290 e. The van der Waals surface area contributed by atoms with Crippen LogP contribution in [0.2, 0.25) is 0 Å². The molecule has 1 aromatic heterocycles. The van der Waals surface area contributed by atoms with E-state index >= 15 is 0 Å². The second kappa shape index (κ2) is 7.75. The fourth-order valence-electron chi connectivity index (χ4n) is 3.35. The molecule has 4 rings (SSSR count). The summed E-state index contributed by atoms with van der Waals surface area (Å²) in [7, 11) is 0. The molecule has 29 heavy (non-hydrogen) atoms. The van der Waals surface area contributed by atoms with Gasteiger partial charge in [0.2, 0.25) is 0 Å². The zero-order valence-electron chi connectivity index (χ0n) is 15.8. The molecule has 2 heterocycles. The van der Waals surface area contributed by atoms with E-state index in [0.29, 0.717) is 35.9 Å². The standard InChI is InChI=1S/C21H20N4O4/c1-2-11-25-21(28)15-9-5-4-8-14(15)18(24-25)20(27)23-22-19(26)17-12-13-7-3-6-10-16(13)29-17/h3-10,17H,2,11-12H2,1H3,(H,22,26)(H,23,27). The summed E-state index contributed by atoms with van der Waals surface area (Å²) in [5.74, 6) is -0.395. The first-order valence-electron chi connectivity index (χ1n) is 9.43. The van der Waals surface area contributed by atoms with E-state index in [2.05, 4.69) is 16.0 Å². The molecule has 0 fully saturated rings. The Balaban J connectivity index is 1.52. The molecule has 0 spiro atoms.